The molecular formula is C12H19N3O3S2. The summed E-state index contributed by atoms with van der Waals surface area (Å²) in [6.07, 6.45) is 0.854. The van der Waals surface area contributed by atoms with Gasteiger partial charge in [0.05, 0.1) is 6.54 Å². The Bertz CT molecular complexity index is 571. The second-order valence-electron chi connectivity index (χ2n) is 5.34. The van der Waals surface area contributed by atoms with Crippen LogP contribution in [0.2, 0.25) is 0 Å². The molecule has 1 amide bonds. The molecule has 1 saturated heterocycles. The standard InChI is InChI=1S/C12H19N3O3S2/c1-12(8-13)4-5-15(9-12)10(16)7-14-20(17,18)11-3-2-6-19-11/h2-3,6,14H,4-5,7-9,13H2,1H3. The van der Waals surface area contributed by atoms with Crippen LogP contribution < -0.4 is 10.5 Å². The molecule has 0 aliphatic carbocycles. The summed E-state index contributed by atoms with van der Waals surface area (Å²) in [6, 6.07) is 3.17. The first-order chi connectivity index (χ1) is 9.36. The van der Waals surface area contributed by atoms with E-state index in [1.807, 2.05) is 6.92 Å². The first-order valence-electron chi connectivity index (χ1n) is 6.37. The number of amides is 1. The van der Waals surface area contributed by atoms with Gasteiger partial charge in [-0.2, -0.15) is 0 Å². The van der Waals surface area contributed by atoms with E-state index in [9.17, 15) is 13.2 Å². The zero-order valence-corrected chi connectivity index (χ0v) is 13.0. The molecule has 0 radical (unpaired) electrons. The van der Waals surface area contributed by atoms with Crippen LogP contribution in [0.25, 0.3) is 0 Å². The summed E-state index contributed by atoms with van der Waals surface area (Å²) in [4.78, 5) is 13.7. The van der Waals surface area contributed by atoms with Gasteiger partial charge in [0.15, 0.2) is 0 Å². The summed E-state index contributed by atoms with van der Waals surface area (Å²) in [5, 5.41) is 1.68. The number of carbonyl (C=O) groups is 1. The summed E-state index contributed by atoms with van der Waals surface area (Å²) >= 11 is 1.13. The zero-order valence-electron chi connectivity index (χ0n) is 11.3. The minimum absolute atomic E-state index is 0.0533. The third-order valence-electron chi connectivity index (χ3n) is 3.58. The molecule has 1 aromatic heterocycles. The predicted octanol–water partition coefficient (Wildman–Crippen LogP) is 0.224. The van der Waals surface area contributed by atoms with Crippen molar-refractivity contribution in [3.05, 3.63) is 17.5 Å². The van der Waals surface area contributed by atoms with Gasteiger partial charge in [0.1, 0.15) is 4.21 Å². The summed E-state index contributed by atoms with van der Waals surface area (Å²) in [7, 11) is -3.58. The van der Waals surface area contributed by atoms with E-state index in [1.54, 1.807) is 16.3 Å². The highest BCUT2D eigenvalue weighted by Gasteiger charge is 2.34. The maximum absolute atomic E-state index is 12.0. The Balaban J connectivity index is 1.91. The maximum Gasteiger partial charge on any atom is 0.250 e. The molecule has 6 nitrogen and oxygen atoms in total. The lowest BCUT2D eigenvalue weighted by Crippen LogP contribution is -2.40. The highest BCUT2D eigenvalue weighted by Crippen LogP contribution is 2.28. The molecular weight excluding hydrogens is 298 g/mol. The topological polar surface area (TPSA) is 92.5 Å². The van der Waals surface area contributed by atoms with Crippen LogP contribution in [-0.4, -0.2) is 45.4 Å². The van der Waals surface area contributed by atoms with Crippen LogP contribution in [0.1, 0.15) is 13.3 Å². The van der Waals surface area contributed by atoms with E-state index >= 15 is 0 Å². The predicted molar refractivity (Wildman–Crippen MR) is 77.9 cm³/mol. The molecule has 8 heteroatoms. The smallest absolute Gasteiger partial charge is 0.250 e. The van der Waals surface area contributed by atoms with Crippen molar-refractivity contribution in [3.8, 4) is 0 Å². The molecule has 1 aliphatic heterocycles. The van der Waals surface area contributed by atoms with E-state index in [0.717, 1.165) is 17.8 Å². The Kier molecular flexibility index (Phi) is 4.48. The lowest BCUT2D eigenvalue weighted by molar-refractivity contribution is -0.129. The Morgan fingerprint density at radius 3 is 2.90 bits per heavy atom. The van der Waals surface area contributed by atoms with Crippen LogP contribution in [0.15, 0.2) is 21.7 Å². The van der Waals surface area contributed by atoms with Gasteiger partial charge in [-0.25, -0.2) is 13.1 Å². The number of nitrogens with zero attached hydrogens (tertiary/aromatic N) is 1. The Labute approximate surface area is 123 Å². The number of likely N-dealkylation sites (tertiary alicyclic amines) is 1. The lowest BCUT2D eigenvalue weighted by Gasteiger charge is -2.22. The monoisotopic (exact) mass is 317 g/mol. The van der Waals surface area contributed by atoms with Gasteiger partial charge in [-0.3, -0.25) is 4.79 Å². The van der Waals surface area contributed by atoms with Crippen LogP contribution in [0.5, 0.6) is 0 Å². The average molecular weight is 317 g/mol. The molecule has 1 fully saturated rings. The van der Waals surface area contributed by atoms with Gasteiger partial charge >= 0.3 is 0 Å². The maximum atomic E-state index is 12.0. The van der Waals surface area contributed by atoms with Gasteiger partial charge < -0.3 is 10.6 Å². The van der Waals surface area contributed by atoms with Crippen LogP contribution in [0.4, 0.5) is 0 Å². The van der Waals surface area contributed by atoms with E-state index in [4.69, 9.17) is 5.73 Å². The number of nitrogens with two attached hydrogens (primary N) is 1. The van der Waals surface area contributed by atoms with Crippen molar-refractivity contribution in [1.29, 1.82) is 0 Å². The number of carbonyl (C=O) groups excluding carboxylic acids is 1. The van der Waals surface area contributed by atoms with E-state index in [2.05, 4.69) is 4.72 Å². The fraction of sp³-hybridized carbons (Fsp3) is 0.583. The number of hydrogen-bond donors (Lipinski definition) is 2. The van der Waals surface area contributed by atoms with Gasteiger partial charge in [-0.05, 0) is 29.8 Å². The number of rotatable bonds is 5. The summed E-state index contributed by atoms with van der Waals surface area (Å²) in [6.45, 7) is 3.57. The van der Waals surface area contributed by atoms with Gasteiger partial charge in [-0.1, -0.05) is 13.0 Å². The third kappa shape index (κ3) is 3.38. The van der Waals surface area contributed by atoms with Crippen LogP contribution >= 0.6 is 11.3 Å². The van der Waals surface area contributed by atoms with Crippen molar-refractivity contribution >= 4 is 27.3 Å². The SMILES string of the molecule is CC1(CN)CCN(C(=O)CNS(=O)(=O)c2cccs2)C1. The Morgan fingerprint density at radius 1 is 1.60 bits per heavy atom. The van der Waals surface area contributed by atoms with Crippen molar-refractivity contribution in [2.75, 3.05) is 26.2 Å². The molecule has 3 N–H and O–H groups in total. The lowest BCUT2D eigenvalue weighted by atomic mass is 9.90. The molecule has 1 atom stereocenters. The van der Waals surface area contributed by atoms with E-state index in [1.165, 1.54) is 6.07 Å². The molecule has 1 aromatic rings. The van der Waals surface area contributed by atoms with Crippen molar-refractivity contribution in [3.63, 3.8) is 0 Å². The van der Waals surface area contributed by atoms with Crippen LogP contribution in [-0.2, 0) is 14.8 Å². The normalized spacial score (nSPS) is 23.2. The number of nitrogens with one attached hydrogen (secondary N) is 1. The summed E-state index contributed by atoms with van der Waals surface area (Å²) < 4.78 is 26.4. The molecule has 20 heavy (non-hydrogen) atoms. The first kappa shape index (κ1) is 15.4. The van der Waals surface area contributed by atoms with Crippen molar-refractivity contribution in [2.24, 2.45) is 11.1 Å². The molecule has 112 valence electrons. The van der Waals surface area contributed by atoms with E-state index < -0.39 is 10.0 Å². The molecule has 1 unspecified atom stereocenters. The average Bonchev–Trinajstić information content (AvgIpc) is 3.06. The van der Waals surface area contributed by atoms with Gasteiger partial charge in [0.2, 0.25) is 5.91 Å². The molecule has 0 aromatic carbocycles. The van der Waals surface area contributed by atoms with E-state index in [0.29, 0.717) is 19.6 Å². The summed E-state index contributed by atoms with van der Waals surface area (Å²) in [5.74, 6) is -0.206. The van der Waals surface area contributed by atoms with Crippen molar-refractivity contribution in [1.82, 2.24) is 9.62 Å². The largest absolute Gasteiger partial charge is 0.341 e. The van der Waals surface area contributed by atoms with Crippen LogP contribution in [0.3, 0.4) is 0 Å². The molecule has 0 bridgehead atoms. The second-order valence-corrected chi connectivity index (χ2v) is 8.28. The molecule has 2 rings (SSSR count). The number of thiophene rings is 1. The molecule has 1 aliphatic rings. The van der Waals surface area contributed by atoms with Crippen LogP contribution in [0, 0.1) is 5.41 Å². The van der Waals surface area contributed by atoms with Gasteiger partial charge in [0, 0.05) is 13.1 Å². The third-order valence-corrected chi connectivity index (χ3v) is 6.38. The van der Waals surface area contributed by atoms with Gasteiger partial charge in [0.25, 0.3) is 10.0 Å². The fourth-order valence-corrected chi connectivity index (χ4v) is 4.17. The summed E-state index contributed by atoms with van der Waals surface area (Å²) in [5.41, 5.74) is 5.64. The van der Waals surface area contributed by atoms with Crippen molar-refractivity contribution in [2.45, 2.75) is 17.6 Å². The first-order valence-corrected chi connectivity index (χ1v) is 8.74. The minimum atomic E-state index is -3.58. The quantitative estimate of drug-likeness (QED) is 0.813. The fourth-order valence-electron chi connectivity index (χ4n) is 2.16. The van der Waals surface area contributed by atoms with E-state index in [-0.39, 0.29) is 22.1 Å². The molecule has 0 spiro atoms. The number of sulfonamides is 1. The number of hydrogen-bond acceptors (Lipinski definition) is 5. The zero-order chi connectivity index (χ0) is 14.8. The molecule has 0 saturated carbocycles. The highest BCUT2D eigenvalue weighted by molar-refractivity contribution is 7.91. The molecule has 2 heterocycles. The van der Waals surface area contributed by atoms with Crippen molar-refractivity contribution < 1.29 is 13.2 Å². The highest BCUT2D eigenvalue weighted by atomic mass is 32.2. The Hall–Kier alpha value is -0.960. The Morgan fingerprint density at radius 2 is 2.35 bits per heavy atom. The minimum Gasteiger partial charge on any atom is -0.341 e. The second kappa shape index (κ2) is 5.80. The van der Waals surface area contributed by atoms with Gasteiger partial charge in [-0.15, -0.1) is 11.3 Å².